The maximum absolute atomic E-state index is 12.4. The van der Waals surface area contributed by atoms with E-state index < -0.39 is 0 Å². The number of nitrogens with one attached hydrogen (secondary N) is 1. The van der Waals surface area contributed by atoms with Crippen LogP contribution in [-0.2, 0) is 4.79 Å². The van der Waals surface area contributed by atoms with Crippen LogP contribution in [0.1, 0.15) is 24.2 Å². The molecule has 5 nitrogen and oxygen atoms in total. The molecule has 0 unspecified atom stereocenters. The Bertz CT molecular complexity index is 981. The fourth-order valence-electron chi connectivity index (χ4n) is 3.18. The van der Waals surface area contributed by atoms with Gasteiger partial charge in [0.15, 0.2) is 6.61 Å². The van der Waals surface area contributed by atoms with Crippen LogP contribution in [0, 0.1) is 0 Å². The average molecular weight is 402 g/mol. The summed E-state index contributed by atoms with van der Waals surface area (Å²) in [6.45, 7) is 5.11. The van der Waals surface area contributed by atoms with E-state index in [1.54, 1.807) is 29.2 Å². The van der Waals surface area contributed by atoms with Gasteiger partial charge in [0.25, 0.3) is 11.8 Å². The van der Waals surface area contributed by atoms with Crippen molar-refractivity contribution in [2.24, 2.45) is 0 Å². The largest absolute Gasteiger partial charge is 0.484 e. The van der Waals surface area contributed by atoms with Gasteiger partial charge in [-0.3, -0.25) is 9.59 Å². The Morgan fingerprint density at radius 3 is 2.13 bits per heavy atom. The summed E-state index contributed by atoms with van der Waals surface area (Å²) in [4.78, 5) is 26.5. The number of para-hydroxylation sites is 1. The second-order valence-corrected chi connectivity index (χ2v) is 6.75. The maximum atomic E-state index is 12.4. The molecular formula is C25H26N2O3. The van der Waals surface area contributed by atoms with Crippen LogP contribution >= 0.6 is 0 Å². The monoisotopic (exact) mass is 402 g/mol. The first-order chi connectivity index (χ1) is 14.6. The molecule has 0 radical (unpaired) electrons. The summed E-state index contributed by atoms with van der Waals surface area (Å²) in [5, 5.41) is 2.91. The fraction of sp³-hybridized carbons (Fsp3) is 0.200. The predicted molar refractivity (Wildman–Crippen MR) is 120 cm³/mol. The number of hydrogen-bond acceptors (Lipinski definition) is 3. The van der Waals surface area contributed by atoms with Gasteiger partial charge >= 0.3 is 0 Å². The number of benzene rings is 3. The summed E-state index contributed by atoms with van der Waals surface area (Å²) in [6, 6.07) is 24.4. The smallest absolute Gasteiger partial charge is 0.262 e. The molecule has 5 heteroatoms. The maximum Gasteiger partial charge on any atom is 0.262 e. The molecule has 0 aromatic heterocycles. The number of ether oxygens (including phenoxy) is 1. The van der Waals surface area contributed by atoms with Crippen LogP contribution in [0.5, 0.6) is 5.75 Å². The lowest BCUT2D eigenvalue weighted by atomic mass is 10.0. The molecule has 30 heavy (non-hydrogen) atoms. The number of nitrogens with zero attached hydrogens (tertiary/aromatic N) is 1. The van der Waals surface area contributed by atoms with Crippen LogP contribution in [0.25, 0.3) is 11.1 Å². The highest BCUT2D eigenvalue weighted by molar-refractivity contribution is 5.96. The molecule has 154 valence electrons. The van der Waals surface area contributed by atoms with E-state index in [9.17, 15) is 9.59 Å². The van der Waals surface area contributed by atoms with Gasteiger partial charge in [-0.1, -0.05) is 48.5 Å². The van der Waals surface area contributed by atoms with E-state index >= 15 is 0 Å². The van der Waals surface area contributed by atoms with Gasteiger partial charge in [0, 0.05) is 29.9 Å². The van der Waals surface area contributed by atoms with Crippen LogP contribution in [0.2, 0.25) is 0 Å². The molecule has 3 aromatic carbocycles. The molecule has 0 aliphatic rings. The molecule has 0 saturated carbocycles. The lowest BCUT2D eigenvalue weighted by Gasteiger charge is -2.18. The zero-order chi connectivity index (χ0) is 21.3. The number of rotatable bonds is 8. The normalized spacial score (nSPS) is 10.3. The highest BCUT2D eigenvalue weighted by Crippen LogP contribution is 2.27. The Hall–Kier alpha value is -3.60. The minimum absolute atomic E-state index is 0.0122. The van der Waals surface area contributed by atoms with Gasteiger partial charge in [-0.15, -0.1) is 0 Å². The molecule has 0 aliphatic carbocycles. The first-order valence-electron chi connectivity index (χ1n) is 10.1. The van der Waals surface area contributed by atoms with E-state index in [2.05, 4.69) is 5.32 Å². The van der Waals surface area contributed by atoms with Crippen molar-refractivity contribution < 1.29 is 14.3 Å². The number of carbonyl (C=O) groups is 2. The quantitative estimate of drug-likeness (QED) is 0.586. The molecule has 0 bridgehead atoms. The van der Waals surface area contributed by atoms with Crippen LogP contribution in [-0.4, -0.2) is 36.4 Å². The van der Waals surface area contributed by atoms with Crippen molar-refractivity contribution in [1.82, 2.24) is 4.90 Å². The minimum atomic E-state index is -0.248. The van der Waals surface area contributed by atoms with E-state index in [-0.39, 0.29) is 18.4 Å². The Balaban J connectivity index is 1.60. The zero-order valence-corrected chi connectivity index (χ0v) is 17.3. The van der Waals surface area contributed by atoms with Gasteiger partial charge in [-0.2, -0.15) is 0 Å². The number of carbonyl (C=O) groups excluding carboxylic acids is 2. The summed E-state index contributed by atoms with van der Waals surface area (Å²) < 4.78 is 5.60. The summed E-state index contributed by atoms with van der Waals surface area (Å²) in [5.74, 6) is 0.279. The first-order valence-corrected chi connectivity index (χ1v) is 10.1. The van der Waals surface area contributed by atoms with Crippen molar-refractivity contribution in [1.29, 1.82) is 0 Å². The predicted octanol–water partition coefficient (Wildman–Crippen LogP) is 4.85. The van der Waals surface area contributed by atoms with E-state index in [0.717, 1.165) is 16.8 Å². The van der Waals surface area contributed by atoms with Gasteiger partial charge in [0.2, 0.25) is 0 Å². The van der Waals surface area contributed by atoms with Crippen molar-refractivity contribution >= 4 is 17.5 Å². The van der Waals surface area contributed by atoms with Crippen molar-refractivity contribution in [3.8, 4) is 16.9 Å². The first kappa shape index (κ1) is 21.1. The van der Waals surface area contributed by atoms with Crippen molar-refractivity contribution in [3.05, 3.63) is 84.4 Å². The van der Waals surface area contributed by atoms with Gasteiger partial charge in [-0.25, -0.2) is 0 Å². The molecule has 3 aromatic rings. The van der Waals surface area contributed by atoms with Crippen molar-refractivity contribution in [2.45, 2.75) is 13.8 Å². The van der Waals surface area contributed by atoms with Gasteiger partial charge in [0.1, 0.15) is 5.75 Å². The summed E-state index contributed by atoms with van der Waals surface area (Å²) in [5.41, 5.74) is 3.32. The van der Waals surface area contributed by atoms with Crippen molar-refractivity contribution in [2.75, 3.05) is 25.0 Å². The minimum Gasteiger partial charge on any atom is -0.484 e. The molecule has 0 aliphatic heterocycles. The molecule has 1 N–H and O–H groups in total. The molecule has 0 atom stereocenters. The Labute approximate surface area is 177 Å². The fourth-order valence-corrected chi connectivity index (χ4v) is 3.18. The van der Waals surface area contributed by atoms with Crippen LogP contribution in [0.3, 0.4) is 0 Å². The number of anilines is 1. The number of hydrogen-bond donors (Lipinski definition) is 1. The van der Waals surface area contributed by atoms with E-state index in [1.165, 1.54) is 0 Å². The van der Waals surface area contributed by atoms with E-state index in [1.807, 2.05) is 68.4 Å². The molecular weight excluding hydrogens is 376 g/mol. The Morgan fingerprint density at radius 1 is 0.833 bits per heavy atom. The highest BCUT2D eigenvalue weighted by Gasteiger charge is 2.13. The molecule has 0 spiro atoms. The van der Waals surface area contributed by atoms with Crippen LogP contribution in [0.4, 0.5) is 5.69 Å². The topological polar surface area (TPSA) is 58.6 Å². The standard InChI is InChI=1S/C25H26N2O3/c1-3-27(4-2)25(29)20-14-16-21(17-15-20)30-18-24(28)26-23-13-9-8-12-22(23)19-10-6-5-7-11-19/h5-17H,3-4,18H2,1-2H3,(H,26,28). The lowest BCUT2D eigenvalue weighted by Crippen LogP contribution is -2.30. The molecule has 0 fully saturated rings. The molecule has 2 amide bonds. The molecule has 3 rings (SSSR count). The van der Waals surface area contributed by atoms with Crippen molar-refractivity contribution in [3.63, 3.8) is 0 Å². The third kappa shape index (κ3) is 5.26. The second-order valence-electron chi connectivity index (χ2n) is 6.75. The third-order valence-corrected chi connectivity index (χ3v) is 4.81. The highest BCUT2D eigenvalue weighted by atomic mass is 16.5. The zero-order valence-electron chi connectivity index (χ0n) is 17.3. The van der Waals surface area contributed by atoms with Gasteiger partial charge in [0.05, 0.1) is 0 Å². The van der Waals surface area contributed by atoms with Crippen LogP contribution in [0.15, 0.2) is 78.9 Å². The summed E-state index contributed by atoms with van der Waals surface area (Å²) in [7, 11) is 0. The second kappa shape index (κ2) is 10.3. The molecule has 0 heterocycles. The SMILES string of the molecule is CCN(CC)C(=O)c1ccc(OCC(=O)Nc2ccccc2-c2ccccc2)cc1. The summed E-state index contributed by atoms with van der Waals surface area (Å²) >= 11 is 0. The van der Waals surface area contributed by atoms with Gasteiger partial charge < -0.3 is 15.0 Å². The number of amides is 2. The van der Waals surface area contributed by atoms with Gasteiger partial charge in [-0.05, 0) is 49.7 Å². The molecule has 0 saturated heterocycles. The summed E-state index contributed by atoms with van der Waals surface area (Å²) in [6.07, 6.45) is 0. The third-order valence-electron chi connectivity index (χ3n) is 4.81. The Morgan fingerprint density at radius 2 is 1.47 bits per heavy atom. The Kier molecular flexibility index (Phi) is 7.22. The van der Waals surface area contributed by atoms with E-state index in [0.29, 0.717) is 24.4 Å². The van der Waals surface area contributed by atoms with Crippen LogP contribution < -0.4 is 10.1 Å². The van der Waals surface area contributed by atoms with E-state index in [4.69, 9.17) is 4.74 Å². The lowest BCUT2D eigenvalue weighted by molar-refractivity contribution is -0.118. The average Bonchev–Trinajstić information content (AvgIpc) is 2.80.